The van der Waals surface area contributed by atoms with Crippen LogP contribution >= 0.6 is 39.3 Å². The molecule has 1 aliphatic rings. The fraction of sp³-hybridized carbons (Fsp3) is 0.405. The van der Waals surface area contributed by atoms with Crippen molar-refractivity contribution in [3.63, 3.8) is 0 Å². The molecule has 1 aliphatic heterocycles. The van der Waals surface area contributed by atoms with Gasteiger partial charge in [0.05, 0.1) is 25.1 Å². The predicted molar refractivity (Wildman–Crippen MR) is 246 cm³/mol. The summed E-state index contributed by atoms with van der Waals surface area (Å²) in [5, 5.41) is 12.9. The third-order valence-corrected chi connectivity index (χ3v) is 12.7. The van der Waals surface area contributed by atoms with Gasteiger partial charge in [-0.2, -0.15) is 4.76 Å². The number of hydrogen-bond acceptors (Lipinski definition) is 12. The van der Waals surface area contributed by atoms with Crippen LogP contribution in [0.1, 0.15) is 59.9 Å². The molecule has 1 saturated heterocycles. The van der Waals surface area contributed by atoms with Crippen LogP contribution in [0.3, 0.4) is 0 Å². The van der Waals surface area contributed by atoms with Gasteiger partial charge in [-0.3, -0.25) is 19.2 Å². The Labute approximate surface area is 376 Å². The van der Waals surface area contributed by atoms with Gasteiger partial charge in [-0.05, 0) is 95.3 Å². The molecule has 3 unspecified atom stereocenters. The number of carbonyl (C=O) groups excluding carboxylic acids is 4. The van der Waals surface area contributed by atoms with Gasteiger partial charge in [-0.15, -0.1) is 0 Å². The Hall–Kier alpha value is -4.53. The minimum atomic E-state index is -3.86. The van der Waals surface area contributed by atoms with E-state index in [4.69, 9.17) is 42.7 Å². The minimum Gasteiger partial charge on any atom is -0.468 e. The van der Waals surface area contributed by atoms with Crippen molar-refractivity contribution in [3.8, 4) is 11.5 Å². The fourth-order valence-corrected chi connectivity index (χ4v) is 8.93. The number of nitrogens with two attached hydrogens (primary N) is 1. The van der Waals surface area contributed by atoms with Crippen molar-refractivity contribution in [2.24, 2.45) is 16.4 Å². The summed E-state index contributed by atoms with van der Waals surface area (Å²) in [7, 11) is -3.95. The lowest BCUT2D eigenvalue weighted by Gasteiger charge is -2.38. The molecule has 20 heteroatoms. The number of para-hydroxylation sites is 2. The van der Waals surface area contributed by atoms with Crippen molar-refractivity contribution in [3.05, 3.63) is 106 Å². The maximum absolute atomic E-state index is 13.5. The molecular formula is C42H59Cl2N7O9P2. The molecule has 0 saturated carbocycles. The van der Waals surface area contributed by atoms with E-state index in [1.807, 2.05) is 69.3 Å². The van der Waals surface area contributed by atoms with Crippen LogP contribution in [-0.2, 0) is 33.2 Å². The first-order valence-electron chi connectivity index (χ1n) is 19.7. The summed E-state index contributed by atoms with van der Waals surface area (Å²) in [6.45, 7) is 14.5. The maximum Gasteiger partial charge on any atom is 0.438 e. The Morgan fingerprint density at radius 2 is 1.47 bits per heavy atom. The molecular weight excluding hydrogens is 879 g/mol. The Bertz CT molecular complexity index is 1930. The van der Waals surface area contributed by atoms with Gasteiger partial charge >= 0.3 is 13.6 Å². The van der Waals surface area contributed by atoms with E-state index in [0.29, 0.717) is 50.3 Å². The van der Waals surface area contributed by atoms with Crippen LogP contribution in [0, 0.1) is 12.8 Å². The van der Waals surface area contributed by atoms with Gasteiger partial charge in [0.1, 0.15) is 23.2 Å². The van der Waals surface area contributed by atoms with Crippen LogP contribution in [0.2, 0.25) is 10.0 Å². The summed E-state index contributed by atoms with van der Waals surface area (Å²) in [5.41, 5.74) is 6.66. The van der Waals surface area contributed by atoms with Crippen LogP contribution in [0.15, 0.2) is 95.0 Å². The van der Waals surface area contributed by atoms with Crippen LogP contribution in [0.4, 0.5) is 0 Å². The van der Waals surface area contributed by atoms with E-state index in [2.05, 4.69) is 35.0 Å². The largest absolute Gasteiger partial charge is 0.468 e. The number of amides is 2. The molecule has 0 aliphatic carbocycles. The summed E-state index contributed by atoms with van der Waals surface area (Å²) in [5.74, 6) is -0.0617. The number of benzene rings is 3. The highest BCUT2D eigenvalue weighted by Gasteiger charge is 2.34. The minimum absolute atomic E-state index is 0.0301. The summed E-state index contributed by atoms with van der Waals surface area (Å²) < 4.78 is 41.1. The van der Waals surface area contributed by atoms with Crippen molar-refractivity contribution in [2.75, 3.05) is 20.2 Å². The summed E-state index contributed by atoms with van der Waals surface area (Å²) in [6, 6.07) is 22.2. The number of hydrogen-bond donors (Lipinski definition) is 5. The van der Waals surface area contributed by atoms with Crippen LogP contribution in [0.25, 0.3) is 0 Å². The first kappa shape index (κ1) is 53.6. The summed E-state index contributed by atoms with van der Waals surface area (Å²) in [4.78, 5) is 46.5. The third-order valence-electron chi connectivity index (χ3n) is 8.38. The first-order chi connectivity index (χ1) is 29.4. The lowest BCUT2D eigenvalue weighted by molar-refractivity contribution is -0.143. The predicted octanol–water partition coefficient (Wildman–Crippen LogP) is 7.70. The van der Waals surface area contributed by atoms with Crippen molar-refractivity contribution < 1.29 is 42.3 Å². The molecule has 1 fully saturated rings. The highest BCUT2D eigenvalue weighted by molar-refractivity contribution is 7.56. The number of piperidine rings is 1. The number of methoxy groups -OCH3 is 1. The lowest BCUT2D eigenvalue weighted by atomic mass is 10.1. The Balaban J connectivity index is 0.000000740. The monoisotopic (exact) mass is 937 g/mol. The molecule has 1 heterocycles. The van der Waals surface area contributed by atoms with Gasteiger partial charge in [0.15, 0.2) is 0 Å². The quantitative estimate of drug-likeness (QED) is 0.0257. The Morgan fingerprint density at radius 3 is 1.92 bits per heavy atom. The maximum atomic E-state index is 13.5. The number of halogens is 2. The molecule has 6 N–H and O–H groups in total. The molecule has 62 heavy (non-hydrogen) atoms. The van der Waals surface area contributed by atoms with Gasteiger partial charge in [-0.25, -0.2) is 19.4 Å². The number of carbonyl (C=O) groups is 4. The van der Waals surface area contributed by atoms with E-state index in [-0.39, 0.29) is 41.5 Å². The smallest absolute Gasteiger partial charge is 0.438 e. The van der Waals surface area contributed by atoms with Gasteiger partial charge in [-0.1, -0.05) is 79.5 Å². The van der Waals surface area contributed by atoms with E-state index in [9.17, 15) is 23.7 Å². The Morgan fingerprint density at radius 1 is 0.903 bits per heavy atom. The number of nitrogens with one attached hydrogen (secondary N) is 4. The topological polar surface area (TPSA) is 212 Å². The average Bonchev–Trinajstić information content (AvgIpc) is 3.23. The first-order valence-corrected chi connectivity index (χ1v) is 23.3. The highest BCUT2D eigenvalue weighted by atomic mass is 35.5. The van der Waals surface area contributed by atoms with E-state index < -0.39 is 28.1 Å². The molecule has 4 rings (SSSR count). The van der Waals surface area contributed by atoms with E-state index in [1.165, 1.54) is 7.11 Å². The highest BCUT2D eigenvalue weighted by Crippen LogP contribution is 2.45. The zero-order chi connectivity index (χ0) is 46.2. The normalized spacial score (nSPS) is 15.4. The van der Waals surface area contributed by atoms with Gasteiger partial charge < -0.3 is 34.9 Å². The van der Waals surface area contributed by atoms with E-state index in [0.717, 1.165) is 21.8 Å². The SMILES string of the molecule is CC(C)OC=O.COC(=O)C(NP(Oc1ccccc1)N1CCC(NC(=O)/C(N)=C(/C=N/P(=O)(NC(C)C)Oc2ccccc2)NC=O)CC1)C(C)C.Cc1c(Cl)cccc1Cl. The molecule has 340 valence electrons. The summed E-state index contributed by atoms with van der Waals surface area (Å²) >= 11 is 11.5. The van der Waals surface area contributed by atoms with Gasteiger partial charge in [0.25, 0.3) is 12.4 Å². The van der Waals surface area contributed by atoms with Gasteiger partial charge in [0.2, 0.25) is 14.9 Å². The number of esters is 1. The van der Waals surface area contributed by atoms with Crippen LogP contribution in [0.5, 0.6) is 11.5 Å². The van der Waals surface area contributed by atoms with Crippen molar-refractivity contribution in [1.29, 1.82) is 0 Å². The number of nitrogens with zero attached hydrogens (tertiary/aromatic N) is 2. The second-order valence-electron chi connectivity index (χ2n) is 14.4. The second-order valence-corrected chi connectivity index (χ2v) is 18.5. The fourth-order valence-electron chi connectivity index (χ4n) is 5.15. The molecule has 0 radical (unpaired) electrons. The van der Waals surface area contributed by atoms with E-state index >= 15 is 0 Å². The molecule has 3 aromatic rings. The van der Waals surface area contributed by atoms with Crippen molar-refractivity contribution >= 4 is 70.3 Å². The van der Waals surface area contributed by atoms with Crippen molar-refractivity contribution in [1.82, 2.24) is 25.5 Å². The zero-order valence-electron chi connectivity index (χ0n) is 36.2. The molecule has 3 aromatic carbocycles. The summed E-state index contributed by atoms with van der Waals surface area (Å²) in [6.07, 6.45) is 2.55. The van der Waals surface area contributed by atoms with Gasteiger partial charge in [0, 0.05) is 35.2 Å². The van der Waals surface area contributed by atoms with Crippen LogP contribution in [-0.4, -0.2) is 80.1 Å². The molecule has 2 amide bonds. The van der Waals surface area contributed by atoms with Crippen molar-refractivity contribution in [2.45, 2.75) is 85.5 Å². The Kier molecular flexibility index (Phi) is 24.4. The van der Waals surface area contributed by atoms with E-state index in [1.54, 1.807) is 58.0 Å². The molecule has 0 spiro atoms. The number of allylic oxidation sites excluding steroid dienone is 1. The molecule has 3 atom stereocenters. The van der Waals surface area contributed by atoms with Crippen LogP contribution < -0.4 is 35.6 Å². The third kappa shape index (κ3) is 19.7. The molecule has 0 aromatic heterocycles. The number of ether oxygens (including phenoxy) is 2. The second kappa shape index (κ2) is 28.2. The zero-order valence-corrected chi connectivity index (χ0v) is 39.5. The average molecular weight is 939 g/mol. The standard InChI is InChI=1S/C31H45N7O7P2.C7H6Cl2.C4H8O2/c1-22(2)29(31(41)43-5)36-46(44-25-12-8-6-9-13-25)38-18-16-24(17-19-38)35-30(40)28(32)27(33-21-39)20-34-47(42,37-23(3)4)45-26-14-10-7-11-15-26;1-5-6(8)3-2-4-7(5)9;1-4(2)6-3-5/h6-15,20-24,29,36H,16-19,32H2,1-5H3,(H,33,39)(H,35,40)(H,37,42);2-4H,1H3;3-4H,1-2H3/b28-27+,34-20+;;. The lowest BCUT2D eigenvalue weighted by Crippen LogP contribution is -2.48. The molecule has 0 bridgehead atoms. The number of rotatable bonds is 19. The molecule has 16 nitrogen and oxygen atoms in total.